The van der Waals surface area contributed by atoms with Crippen LogP contribution >= 0.6 is 7.92 Å². The van der Waals surface area contributed by atoms with Crippen molar-refractivity contribution >= 4 is 24.6 Å². The van der Waals surface area contributed by atoms with E-state index in [1.807, 2.05) is 20.8 Å². The average Bonchev–Trinajstić information content (AvgIpc) is 3.08. The van der Waals surface area contributed by atoms with E-state index in [0.29, 0.717) is 6.04 Å². The van der Waals surface area contributed by atoms with Crippen LogP contribution in [0.4, 0.5) is 4.79 Å². The molecule has 1 heterocycles. The first-order chi connectivity index (χ1) is 12.4. The van der Waals surface area contributed by atoms with Gasteiger partial charge >= 0.3 is 6.03 Å². The van der Waals surface area contributed by atoms with Crippen molar-refractivity contribution in [3.05, 3.63) is 60.7 Å². The standard InChI is InChI=1S/C22H29N2OP/c1-22(2,3)23-21(25)24-16-10-11-18(24)17-26(19-12-6-4-7-13-19)20-14-8-5-9-15-20/h4-9,12-15,18H,10-11,16-17H2,1-3H3,(H,23,25)/t18-/m0/s1. The number of amides is 2. The van der Waals surface area contributed by atoms with E-state index in [-0.39, 0.29) is 11.6 Å². The molecule has 3 nitrogen and oxygen atoms in total. The zero-order valence-electron chi connectivity index (χ0n) is 16.0. The first kappa shape index (κ1) is 18.9. The molecule has 1 N–H and O–H groups in total. The van der Waals surface area contributed by atoms with Crippen LogP contribution in [0.1, 0.15) is 33.6 Å². The minimum absolute atomic E-state index is 0.0797. The minimum Gasteiger partial charge on any atom is -0.333 e. The van der Waals surface area contributed by atoms with E-state index in [0.717, 1.165) is 25.5 Å². The highest BCUT2D eigenvalue weighted by Crippen LogP contribution is 2.37. The van der Waals surface area contributed by atoms with E-state index in [1.165, 1.54) is 10.6 Å². The zero-order valence-corrected chi connectivity index (χ0v) is 16.9. The van der Waals surface area contributed by atoms with Crippen molar-refractivity contribution < 1.29 is 4.79 Å². The van der Waals surface area contributed by atoms with Crippen LogP contribution in [0.2, 0.25) is 0 Å². The Hall–Kier alpha value is -1.86. The molecule has 0 unspecified atom stereocenters. The summed E-state index contributed by atoms with van der Waals surface area (Å²) < 4.78 is 0. The Labute approximate surface area is 158 Å². The van der Waals surface area contributed by atoms with Gasteiger partial charge in [0.15, 0.2) is 0 Å². The third-order valence-electron chi connectivity index (χ3n) is 4.65. The van der Waals surface area contributed by atoms with Gasteiger partial charge in [-0.2, -0.15) is 0 Å². The van der Waals surface area contributed by atoms with Crippen LogP contribution in [0.5, 0.6) is 0 Å². The summed E-state index contributed by atoms with van der Waals surface area (Å²) >= 11 is 0. The molecule has 3 rings (SSSR count). The van der Waals surface area contributed by atoms with Gasteiger partial charge in [0.25, 0.3) is 0 Å². The highest BCUT2D eigenvalue weighted by atomic mass is 31.1. The topological polar surface area (TPSA) is 32.3 Å². The van der Waals surface area contributed by atoms with Crippen molar-refractivity contribution in [1.82, 2.24) is 10.2 Å². The van der Waals surface area contributed by atoms with Gasteiger partial charge in [0.05, 0.1) is 0 Å². The normalized spacial score (nSPS) is 17.5. The Bertz CT molecular complexity index is 672. The van der Waals surface area contributed by atoms with Crippen LogP contribution in [0, 0.1) is 0 Å². The smallest absolute Gasteiger partial charge is 0.318 e. The molecule has 26 heavy (non-hydrogen) atoms. The molecule has 0 radical (unpaired) electrons. The molecule has 1 saturated heterocycles. The molecule has 0 saturated carbocycles. The van der Waals surface area contributed by atoms with Gasteiger partial charge in [0, 0.05) is 18.1 Å². The molecule has 2 aromatic carbocycles. The van der Waals surface area contributed by atoms with Crippen LogP contribution in [-0.4, -0.2) is 35.2 Å². The highest BCUT2D eigenvalue weighted by Gasteiger charge is 2.32. The van der Waals surface area contributed by atoms with E-state index >= 15 is 0 Å². The lowest BCUT2D eigenvalue weighted by molar-refractivity contribution is 0.187. The Kier molecular flexibility index (Phi) is 5.98. The van der Waals surface area contributed by atoms with Crippen LogP contribution < -0.4 is 15.9 Å². The number of nitrogens with one attached hydrogen (secondary N) is 1. The second-order valence-electron chi connectivity index (χ2n) is 7.95. The fourth-order valence-corrected chi connectivity index (χ4v) is 6.06. The average molecular weight is 368 g/mol. The summed E-state index contributed by atoms with van der Waals surface area (Å²) in [6.45, 7) is 6.98. The maximum Gasteiger partial charge on any atom is 0.318 e. The maximum atomic E-state index is 12.7. The number of carbonyl (C=O) groups excluding carboxylic acids is 1. The Morgan fingerprint density at radius 2 is 1.58 bits per heavy atom. The number of carbonyl (C=O) groups is 1. The Balaban J connectivity index is 1.81. The fourth-order valence-electron chi connectivity index (χ4n) is 3.47. The molecule has 1 aliphatic rings. The molecule has 2 aromatic rings. The lowest BCUT2D eigenvalue weighted by Crippen LogP contribution is -2.50. The van der Waals surface area contributed by atoms with Crippen molar-refractivity contribution in [2.24, 2.45) is 0 Å². The Morgan fingerprint density at radius 1 is 1.04 bits per heavy atom. The molecule has 0 bridgehead atoms. The summed E-state index contributed by atoms with van der Waals surface area (Å²) in [6.07, 6.45) is 3.21. The van der Waals surface area contributed by atoms with Crippen molar-refractivity contribution in [3.63, 3.8) is 0 Å². The Morgan fingerprint density at radius 3 is 2.08 bits per heavy atom. The minimum atomic E-state index is -0.468. The highest BCUT2D eigenvalue weighted by molar-refractivity contribution is 7.73. The van der Waals surface area contributed by atoms with Gasteiger partial charge in [0.1, 0.15) is 0 Å². The van der Waals surface area contributed by atoms with E-state index < -0.39 is 7.92 Å². The number of hydrogen-bond acceptors (Lipinski definition) is 1. The van der Waals surface area contributed by atoms with Gasteiger partial charge < -0.3 is 10.2 Å². The number of urea groups is 1. The van der Waals surface area contributed by atoms with E-state index in [2.05, 4.69) is 70.9 Å². The summed E-state index contributed by atoms with van der Waals surface area (Å²) in [4.78, 5) is 14.8. The first-order valence-corrected chi connectivity index (χ1v) is 10.9. The van der Waals surface area contributed by atoms with E-state index in [1.54, 1.807) is 0 Å². The zero-order chi connectivity index (χ0) is 18.6. The lowest BCUT2D eigenvalue weighted by atomic mass is 10.1. The second kappa shape index (κ2) is 8.22. The van der Waals surface area contributed by atoms with Gasteiger partial charge in [-0.15, -0.1) is 0 Å². The molecule has 1 atom stereocenters. The molecule has 2 amide bonds. The van der Waals surface area contributed by atoms with Crippen LogP contribution in [0.15, 0.2) is 60.7 Å². The summed E-state index contributed by atoms with van der Waals surface area (Å²) in [6, 6.07) is 21.9. The largest absolute Gasteiger partial charge is 0.333 e. The van der Waals surface area contributed by atoms with E-state index in [4.69, 9.17) is 0 Å². The molecule has 4 heteroatoms. The molecular weight excluding hydrogens is 339 g/mol. The van der Waals surface area contributed by atoms with Gasteiger partial charge in [-0.3, -0.25) is 0 Å². The molecule has 0 aromatic heterocycles. The monoisotopic (exact) mass is 368 g/mol. The summed E-state index contributed by atoms with van der Waals surface area (Å²) in [5.74, 6) is 0. The second-order valence-corrected chi connectivity index (χ2v) is 10.2. The third-order valence-corrected chi connectivity index (χ3v) is 7.28. The van der Waals surface area contributed by atoms with Gasteiger partial charge in [-0.25, -0.2) is 4.79 Å². The van der Waals surface area contributed by atoms with Crippen LogP contribution in [0.25, 0.3) is 0 Å². The summed E-state index contributed by atoms with van der Waals surface area (Å²) in [5.41, 5.74) is -0.201. The van der Waals surface area contributed by atoms with Crippen LogP contribution in [0.3, 0.4) is 0 Å². The van der Waals surface area contributed by atoms with Crippen molar-refractivity contribution in [2.75, 3.05) is 12.7 Å². The van der Waals surface area contributed by atoms with Crippen molar-refractivity contribution in [3.8, 4) is 0 Å². The van der Waals surface area contributed by atoms with E-state index in [9.17, 15) is 4.79 Å². The third kappa shape index (κ3) is 4.86. The first-order valence-electron chi connectivity index (χ1n) is 9.40. The number of benzene rings is 2. The van der Waals surface area contributed by atoms with Crippen LogP contribution in [-0.2, 0) is 0 Å². The molecular formula is C22H29N2OP. The molecule has 1 fully saturated rings. The van der Waals surface area contributed by atoms with Crippen molar-refractivity contribution in [1.29, 1.82) is 0 Å². The fraction of sp³-hybridized carbons (Fsp3) is 0.409. The number of hydrogen-bond donors (Lipinski definition) is 1. The van der Waals surface area contributed by atoms with Gasteiger partial charge in [-0.05, 0) is 58.3 Å². The number of rotatable bonds is 4. The molecule has 1 aliphatic heterocycles. The number of nitrogens with zero attached hydrogens (tertiary/aromatic N) is 1. The predicted molar refractivity (Wildman–Crippen MR) is 112 cm³/mol. The summed E-state index contributed by atoms with van der Waals surface area (Å²) in [5, 5.41) is 5.91. The van der Waals surface area contributed by atoms with Gasteiger partial charge in [0.2, 0.25) is 0 Å². The maximum absolute atomic E-state index is 12.7. The van der Waals surface area contributed by atoms with Gasteiger partial charge in [-0.1, -0.05) is 60.7 Å². The molecule has 138 valence electrons. The quantitative estimate of drug-likeness (QED) is 0.810. The SMILES string of the molecule is CC(C)(C)NC(=O)N1CCC[C@H]1CP(c1ccccc1)c1ccccc1. The molecule has 0 aliphatic carbocycles. The summed E-state index contributed by atoms with van der Waals surface area (Å²) in [7, 11) is -0.468. The number of likely N-dealkylation sites (tertiary alicyclic amines) is 1. The predicted octanol–water partition coefficient (Wildman–Crippen LogP) is 4.09. The molecule has 0 spiro atoms. The lowest BCUT2D eigenvalue weighted by Gasteiger charge is -2.32. The van der Waals surface area contributed by atoms with Crippen molar-refractivity contribution in [2.45, 2.75) is 45.2 Å².